The summed E-state index contributed by atoms with van der Waals surface area (Å²) in [5.41, 5.74) is 1.29. The van der Waals surface area contributed by atoms with Crippen LogP contribution in [0.2, 0.25) is 0 Å². The molecule has 0 aliphatic carbocycles. The molecule has 1 aromatic carbocycles. The number of rotatable bonds is 2. The van der Waals surface area contributed by atoms with E-state index in [-0.39, 0.29) is 5.56 Å². The number of aryl methyl sites for hydroxylation is 1. The Morgan fingerprint density at radius 2 is 2.06 bits per heavy atom. The Balaban J connectivity index is 2.56. The zero-order valence-corrected chi connectivity index (χ0v) is 9.66. The maximum atomic E-state index is 13.2. The molecule has 1 aliphatic heterocycles. The van der Waals surface area contributed by atoms with Crippen molar-refractivity contribution in [2.45, 2.75) is 13.8 Å². The molecule has 0 bridgehead atoms. The van der Waals surface area contributed by atoms with Crippen molar-refractivity contribution in [3.8, 4) is 0 Å². The van der Waals surface area contributed by atoms with Crippen LogP contribution in [0.4, 0.5) is 10.1 Å². The Morgan fingerprint density at radius 3 is 2.71 bits per heavy atom. The molecule has 1 aromatic rings. The molecule has 0 N–H and O–H groups in total. The van der Waals surface area contributed by atoms with Gasteiger partial charge in [0.25, 0.3) is 11.7 Å². The minimum atomic E-state index is -0.632. The lowest BCUT2D eigenvalue weighted by Crippen LogP contribution is -2.30. The molecule has 0 fully saturated rings. The summed E-state index contributed by atoms with van der Waals surface area (Å²) in [4.78, 5) is 24.8. The molecule has 0 radical (unpaired) electrons. The van der Waals surface area contributed by atoms with E-state index in [4.69, 9.17) is 0 Å². The molecular formula is C13H12FNO2. The average Bonchev–Trinajstić information content (AvgIpc) is 2.51. The van der Waals surface area contributed by atoms with Crippen LogP contribution >= 0.6 is 0 Å². The van der Waals surface area contributed by atoms with Gasteiger partial charge in [0.1, 0.15) is 5.82 Å². The summed E-state index contributed by atoms with van der Waals surface area (Å²) < 4.78 is 13.2. The van der Waals surface area contributed by atoms with Crippen LogP contribution < -0.4 is 4.90 Å². The smallest absolute Gasteiger partial charge is 0.299 e. The summed E-state index contributed by atoms with van der Waals surface area (Å²) in [6, 6.07) is 2.45. The molecule has 0 saturated carbocycles. The van der Waals surface area contributed by atoms with Crippen molar-refractivity contribution in [2.75, 3.05) is 11.4 Å². The molecule has 17 heavy (non-hydrogen) atoms. The highest BCUT2D eigenvalue weighted by molar-refractivity contribution is 6.52. The topological polar surface area (TPSA) is 37.4 Å². The van der Waals surface area contributed by atoms with E-state index in [0.717, 1.165) is 6.07 Å². The first-order valence-electron chi connectivity index (χ1n) is 5.33. The van der Waals surface area contributed by atoms with Crippen molar-refractivity contribution in [3.63, 3.8) is 0 Å². The summed E-state index contributed by atoms with van der Waals surface area (Å²) in [6.45, 7) is 3.86. The molecule has 1 aliphatic rings. The zero-order chi connectivity index (χ0) is 12.6. The van der Waals surface area contributed by atoms with Gasteiger partial charge in [-0.1, -0.05) is 12.2 Å². The third-order valence-electron chi connectivity index (χ3n) is 2.74. The normalized spacial score (nSPS) is 14.9. The number of fused-ring (bicyclic) bond motifs is 1. The van der Waals surface area contributed by atoms with Crippen molar-refractivity contribution in [2.24, 2.45) is 0 Å². The summed E-state index contributed by atoms with van der Waals surface area (Å²) in [6.07, 6.45) is 3.58. The van der Waals surface area contributed by atoms with Gasteiger partial charge in [-0.2, -0.15) is 0 Å². The van der Waals surface area contributed by atoms with Gasteiger partial charge in [0.15, 0.2) is 0 Å². The first-order valence-corrected chi connectivity index (χ1v) is 5.33. The average molecular weight is 233 g/mol. The van der Waals surface area contributed by atoms with Gasteiger partial charge in [-0.05, 0) is 31.5 Å². The van der Waals surface area contributed by atoms with Gasteiger partial charge in [-0.25, -0.2) is 4.39 Å². The van der Waals surface area contributed by atoms with Crippen LogP contribution in [0.1, 0.15) is 22.8 Å². The fourth-order valence-electron chi connectivity index (χ4n) is 1.99. The molecule has 0 spiro atoms. The molecule has 0 unspecified atom stereocenters. The van der Waals surface area contributed by atoms with Gasteiger partial charge >= 0.3 is 0 Å². The number of anilines is 1. The number of allylic oxidation sites excluding steroid dienone is 1. The molecule has 1 amide bonds. The first-order chi connectivity index (χ1) is 8.06. The maximum Gasteiger partial charge on any atom is 0.299 e. The molecule has 2 rings (SSSR count). The largest absolute Gasteiger partial charge is 0.301 e. The van der Waals surface area contributed by atoms with Crippen LogP contribution in [0.5, 0.6) is 0 Å². The van der Waals surface area contributed by atoms with Crippen LogP contribution in [-0.4, -0.2) is 18.2 Å². The standard InChI is InChI=1S/C13H12FNO2/c1-3-4-5-15-11-8(2)6-9(14)7-10(11)12(16)13(15)17/h3-4,6-7H,5H2,1-2H3/b4-3+. The lowest BCUT2D eigenvalue weighted by molar-refractivity contribution is -0.114. The SMILES string of the molecule is C/C=C/CN1C(=O)C(=O)c2cc(F)cc(C)c21. The van der Waals surface area contributed by atoms with E-state index in [1.165, 1.54) is 11.0 Å². The number of Topliss-reactive ketones (excluding diaryl/α,β-unsaturated/α-hetero) is 1. The van der Waals surface area contributed by atoms with E-state index < -0.39 is 17.5 Å². The zero-order valence-electron chi connectivity index (χ0n) is 9.66. The fourth-order valence-corrected chi connectivity index (χ4v) is 1.99. The lowest BCUT2D eigenvalue weighted by atomic mass is 10.1. The van der Waals surface area contributed by atoms with Gasteiger partial charge in [0, 0.05) is 6.54 Å². The summed E-state index contributed by atoms with van der Waals surface area (Å²) >= 11 is 0. The molecule has 0 aromatic heterocycles. The number of carbonyl (C=O) groups is 2. The van der Waals surface area contributed by atoms with Gasteiger partial charge in [0.2, 0.25) is 0 Å². The first kappa shape index (κ1) is 11.5. The molecule has 3 nitrogen and oxygen atoms in total. The molecule has 88 valence electrons. The highest BCUT2D eigenvalue weighted by Crippen LogP contribution is 2.32. The van der Waals surface area contributed by atoms with Gasteiger partial charge in [-0.15, -0.1) is 0 Å². The van der Waals surface area contributed by atoms with Gasteiger partial charge in [-0.3, -0.25) is 9.59 Å². The van der Waals surface area contributed by atoms with Crippen LogP contribution in [0.3, 0.4) is 0 Å². The Kier molecular flexibility index (Phi) is 2.79. The Hall–Kier alpha value is -1.97. The third kappa shape index (κ3) is 1.75. The highest BCUT2D eigenvalue weighted by atomic mass is 19.1. The fraction of sp³-hybridized carbons (Fsp3) is 0.231. The monoisotopic (exact) mass is 233 g/mol. The number of hydrogen-bond acceptors (Lipinski definition) is 2. The van der Waals surface area contributed by atoms with Crippen molar-refractivity contribution in [3.05, 3.63) is 41.2 Å². The van der Waals surface area contributed by atoms with E-state index >= 15 is 0 Å². The quantitative estimate of drug-likeness (QED) is 0.580. The van der Waals surface area contributed by atoms with E-state index in [9.17, 15) is 14.0 Å². The Labute approximate surface area is 98.5 Å². The maximum absolute atomic E-state index is 13.2. The lowest BCUT2D eigenvalue weighted by Gasteiger charge is -2.16. The second kappa shape index (κ2) is 4.13. The predicted octanol–water partition coefficient (Wildman–Crippen LogP) is 2.24. The number of carbonyl (C=O) groups excluding carboxylic acids is 2. The Bertz CT molecular complexity index is 534. The minimum Gasteiger partial charge on any atom is -0.301 e. The number of amides is 1. The third-order valence-corrected chi connectivity index (χ3v) is 2.74. The van der Waals surface area contributed by atoms with E-state index in [1.54, 1.807) is 19.1 Å². The molecule has 0 saturated heterocycles. The second-order valence-corrected chi connectivity index (χ2v) is 3.93. The summed E-state index contributed by atoms with van der Waals surface area (Å²) in [5, 5.41) is 0. The van der Waals surface area contributed by atoms with Crippen LogP contribution in [0.25, 0.3) is 0 Å². The van der Waals surface area contributed by atoms with Crippen LogP contribution in [0, 0.1) is 12.7 Å². The molecule has 4 heteroatoms. The predicted molar refractivity (Wildman–Crippen MR) is 62.6 cm³/mol. The van der Waals surface area contributed by atoms with Crippen LogP contribution in [0.15, 0.2) is 24.3 Å². The number of hydrogen-bond donors (Lipinski definition) is 0. The minimum absolute atomic E-state index is 0.164. The number of nitrogens with zero attached hydrogens (tertiary/aromatic N) is 1. The van der Waals surface area contributed by atoms with E-state index in [2.05, 4.69) is 0 Å². The highest BCUT2D eigenvalue weighted by Gasteiger charge is 2.36. The van der Waals surface area contributed by atoms with Crippen molar-refractivity contribution < 1.29 is 14.0 Å². The van der Waals surface area contributed by atoms with E-state index in [0.29, 0.717) is 17.8 Å². The second-order valence-electron chi connectivity index (χ2n) is 3.93. The Morgan fingerprint density at radius 1 is 1.35 bits per heavy atom. The van der Waals surface area contributed by atoms with Crippen molar-refractivity contribution in [1.82, 2.24) is 0 Å². The molecular weight excluding hydrogens is 221 g/mol. The number of benzene rings is 1. The summed E-state index contributed by atoms with van der Waals surface area (Å²) in [5.74, 6) is -1.71. The number of halogens is 1. The van der Waals surface area contributed by atoms with E-state index in [1.807, 2.05) is 6.92 Å². The van der Waals surface area contributed by atoms with Crippen molar-refractivity contribution >= 4 is 17.4 Å². The van der Waals surface area contributed by atoms with Gasteiger partial charge < -0.3 is 4.90 Å². The van der Waals surface area contributed by atoms with Gasteiger partial charge in [0.05, 0.1) is 11.3 Å². The van der Waals surface area contributed by atoms with Crippen LogP contribution in [-0.2, 0) is 4.79 Å². The molecule has 1 heterocycles. The molecule has 0 atom stereocenters. The number of ketones is 1. The summed E-state index contributed by atoms with van der Waals surface area (Å²) in [7, 11) is 0. The van der Waals surface area contributed by atoms with Crippen molar-refractivity contribution in [1.29, 1.82) is 0 Å².